The van der Waals surface area contributed by atoms with Crippen molar-refractivity contribution in [3.05, 3.63) is 48.6 Å². The van der Waals surface area contributed by atoms with Gasteiger partial charge in [-0.2, -0.15) is 0 Å². The van der Waals surface area contributed by atoms with E-state index in [0.717, 1.165) is 64.2 Å². The first-order valence-corrected chi connectivity index (χ1v) is 18.8. The van der Waals surface area contributed by atoms with Crippen LogP contribution in [0.2, 0.25) is 0 Å². The predicted molar refractivity (Wildman–Crippen MR) is 185 cm³/mol. The molecule has 10 heteroatoms. The van der Waals surface area contributed by atoms with Crippen LogP contribution in [0, 0.1) is 0 Å². The van der Waals surface area contributed by atoms with Gasteiger partial charge in [-0.05, 0) is 51.4 Å². The Hall–Kier alpha value is -2.03. The van der Waals surface area contributed by atoms with Crippen LogP contribution in [0.3, 0.4) is 0 Å². The van der Waals surface area contributed by atoms with E-state index in [1.54, 1.807) is 0 Å². The molecule has 0 aliphatic rings. The van der Waals surface area contributed by atoms with Gasteiger partial charge in [-0.1, -0.05) is 101 Å². The molecule has 0 N–H and O–H groups in total. The summed E-state index contributed by atoms with van der Waals surface area (Å²) in [5, 5.41) is 0. The molecule has 0 bridgehead atoms. The van der Waals surface area contributed by atoms with Gasteiger partial charge in [0, 0.05) is 12.8 Å². The SMILES string of the molecule is CC/C=C/C/C=C/C/C=C/C/C=C/CCCCC(=O)O[C@H](COC(=O)CCCCCCCCC)COP(=O)([O-])OCC[N+](C)(C)C. The molecule has 0 heterocycles. The van der Waals surface area contributed by atoms with E-state index in [1.165, 1.54) is 19.3 Å². The number of phosphoric ester groups is 1. The molecule has 0 rings (SSSR count). The minimum atomic E-state index is -4.62. The van der Waals surface area contributed by atoms with Gasteiger partial charge < -0.3 is 27.9 Å². The predicted octanol–water partition coefficient (Wildman–Crippen LogP) is 8.16. The normalized spacial score (nSPS) is 14.5. The number of hydrogen-bond acceptors (Lipinski definition) is 8. The average molecular weight is 670 g/mol. The Bertz CT molecular complexity index is 939. The third-order valence-corrected chi connectivity index (χ3v) is 7.83. The van der Waals surface area contributed by atoms with Crippen molar-refractivity contribution in [3.8, 4) is 0 Å². The molecule has 0 spiro atoms. The molecule has 0 aromatic heterocycles. The van der Waals surface area contributed by atoms with Gasteiger partial charge in [0.15, 0.2) is 6.10 Å². The Kier molecular flexibility index (Phi) is 27.8. The number of nitrogens with zero attached hydrogens (tertiary/aromatic N) is 1. The van der Waals surface area contributed by atoms with Crippen molar-refractivity contribution in [2.75, 3.05) is 47.5 Å². The minimum Gasteiger partial charge on any atom is -0.756 e. The molecule has 0 aliphatic heterocycles. The Morgan fingerprint density at radius 2 is 1.24 bits per heavy atom. The number of ether oxygens (including phenoxy) is 2. The van der Waals surface area contributed by atoms with Crippen molar-refractivity contribution in [2.45, 2.75) is 123 Å². The van der Waals surface area contributed by atoms with E-state index >= 15 is 0 Å². The van der Waals surface area contributed by atoms with E-state index < -0.39 is 32.5 Å². The summed E-state index contributed by atoms with van der Waals surface area (Å²) in [5.41, 5.74) is 0. The van der Waals surface area contributed by atoms with Crippen molar-refractivity contribution in [1.82, 2.24) is 0 Å². The lowest BCUT2D eigenvalue weighted by molar-refractivity contribution is -0.870. The van der Waals surface area contributed by atoms with Crippen molar-refractivity contribution in [3.63, 3.8) is 0 Å². The fourth-order valence-electron chi connectivity index (χ4n) is 4.11. The zero-order chi connectivity index (χ0) is 34.4. The van der Waals surface area contributed by atoms with Crippen LogP contribution in [0.4, 0.5) is 0 Å². The second-order valence-electron chi connectivity index (χ2n) is 12.5. The summed E-state index contributed by atoms with van der Waals surface area (Å²) in [5.74, 6) is -0.898. The molecule has 2 atom stereocenters. The highest BCUT2D eigenvalue weighted by Gasteiger charge is 2.21. The fourth-order valence-corrected chi connectivity index (χ4v) is 4.84. The molecule has 46 heavy (non-hydrogen) atoms. The van der Waals surface area contributed by atoms with Gasteiger partial charge in [0.2, 0.25) is 0 Å². The second kappa shape index (κ2) is 29.1. The maximum atomic E-state index is 12.5. The van der Waals surface area contributed by atoms with Crippen LogP contribution in [-0.2, 0) is 32.7 Å². The number of allylic oxidation sites excluding steroid dienone is 8. The molecule has 9 nitrogen and oxygen atoms in total. The van der Waals surface area contributed by atoms with Crippen LogP contribution in [0.25, 0.3) is 0 Å². The number of hydrogen-bond donors (Lipinski definition) is 0. The lowest BCUT2D eigenvalue weighted by atomic mass is 10.1. The third-order valence-electron chi connectivity index (χ3n) is 6.86. The topological polar surface area (TPSA) is 111 Å². The molecule has 0 aromatic carbocycles. The van der Waals surface area contributed by atoms with E-state index in [4.69, 9.17) is 18.5 Å². The summed E-state index contributed by atoms with van der Waals surface area (Å²) in [6.45, 7) is 3.97. The van der Waals surface area contributed by atoms with E-state index in [0.29, 0.717) is 17.4 Å². The molecular weight excluding hydrogens is 605 g/mol. The van der Waals surface area contributed by atoms with Crippen molar-refractivity contribution >= 4 is 19.8 Å². The number of rotatable bonds is 30. The van der Waals surface area contributed by atoms with Crippen LogP contribution >= 0.6 is 7.82 Å². The second-order valence-corrected chi connectivity index (χ2v) is 13.9. The highest BCUT2D eigenvalue weighted by molar-refractivity contribution is 7.45. The number of quaternary nitrogens is 1. The molecule has 1 unspecified atom stereocenters. The van der Waals surface area contributed by atoms with Gasteiger partial charge >= 0.3 is 11.9 Å². The maximum Gasteiger partial charge on any atom is 0.306 e. The molecule has 0 fully saturated rings. The number of likely N-dealkylation sites (N-methyl/N-ethyl adjacent to an activating group) is 1. The highest BCUT2D eigenvalue weighted by atomic mass is 31.2. The standard InChI is InChI=1S/C36H64NO8P/c1-6-8-10-12-14-15-16-17-18-19-20-21-23-25-27-29-36(39)45-34(33-44-46(40,41)43-31-30-37(3,4)5)32-42-35(38)28-26-24-22-13-11-9-7-2/h8,10,14-15,17-18,20-21,34H,6-7,9,11-13,16,19,22-33H2,1-5H3/b10-8+,15-14+,18-17+,21-20+/t34-/m1/s1. The van der Waals surface area contributed by atoms with Gasteiger partial charge in [0.25, 0.3) is 7.82 Å². The van der Waals surface area contributed by atoms with Gasteiger partial charge in [-0.15, -0.1) is 0 Å². The van der Waals surface area contributed by atoms with Gasteiger partial charge in [-0.3, -0.25) is 14.2 Å². The lowest BCUT2D eigenvalue weighted by Gasteiger charge is -2.28. The Balaban J connectivity index is 4.56. The summed E-state index contributed by atoms with van der Waals surface area (Å²) in [4.78, 5) is 37.0. The Morgan fingerprint density at radius 3 is 1.85 bits per heavy atom. The Labute approximate surface area is 280 Å². The van der Waals surface area contributed by atoms with Crippen molar-refractivity contribution in [2.24, 2.45) is 0 Å². The summed E-state index contributed by atoms with van der Waals surface area (Å²) in [6.07, 6.45) is 30.2. The van der Waals surface area contributed by atoms with E-state index in [-0.39, 0.29) is 26.1 Å². The van der Waals surface area contributed by atoms with E-state index in [2.05, 4.69) is 62.5 Å². The van der Waals surface area contributed by atoms with Crippen LogP contribution in [-0.4, -0.2) is 70.0 Å². The molecule has 0 aliphatic carbocycles. The number of carbonyl (C=O) groups is 2. The molecule has 0 radical (unpaired) electrons. The molecular formula is C36H64NO8P. The summed E-state index contributed by atoms with van der Waals surface area (Å²) >= 11 is 0. The summed E-state index contributed by atoms with van der Waals surface area (Å²) in [7, 11) is 1.13. The van der Waals surface area contributed by atoms with E-state index in [1.807, 2.05) is 21.1 Å². The van der Waals surface area contributed by atoms with Crippen LogP contribution < -0.4 is 4.89 Å². The first-order valence-electron chi connectivity index (χ1n) is 17.3. The van der Waals surface area contributed by atoms with Crippen LogP contribution in [0.15, 0.2) is 48.6 Å². The monoisotopic (exact) mass is 669 g/mol. The minimum absolute atomic E-state index is 0.0402. The smallest absolute Gasteiger partial charge is 0.306 e. The molecule has 0 saturated carbocycles. The lowest BCUT2D eigenvalue weighted by Crippen LogP contribution is -2.37. The summed E-state index contributed by atoms with van der Waals surface area (Å²) < 4.78 is 33.5. The highest BCUT2D eigenvalue weighted by Crippen LogP contribution is 2.38. The van der Waals surface area contributed by atoms with Crippen molar-refractivity contribution < 1.29 is 42.1 Å². The molecule has 0 amide bonds. The third kappa shape index (κ3) is 31.9. The van der Waals surface area contributed by atoms with Crippen molar-refractivity contribution in [1.29, 1.82) is 0 Å². The number of carbonyl (C=O) groups excluding carboxylic acids is 2. The van der Waals surface area contributed by atoms with Gasteiger partial charge in [-0.25, -0.2) is 0 Å². The molecule has 0 aromatic rings. The van der Waals surface area contributed by atoms with Crippen LogP contribution in [0.5, 0.6) is 0 Å². The number of esters is 2. The summed E-state index contributed by atoms with van der Waals surface area (Å²) in [6, 6.07) is 0. The zero-order valence-corrected chi connectivity index (χ0v) is 30.4. The first kappa shape index (κ1) is 44.0. The first-order chi connectivity index (χ1) is 22.0. The van der Waals surface area contributed by atoms with Gasteiger partial charge in [0.1, 0.15) is 19.8 Å². The molecule has 0 saturated heterocycles. The van der Waals surface area contributed by atoms with Gasteiger partial charge in [0.05, 0.1) is 27.7 Å². The largest absolute Gasteiger partial charge is 0.756 e. The average Bonchev–Trinajstić information content (AvgIpc) is 2.99. The molecule has 266 valence electrons. The quantitative estimate of drug-likeness (QED) is 0.0248. The zero-order valence-electron chi connectivity index (χ0n) is 29.5. The number of unbranched alkanes of at least 4 members (excludes halogenated alkanes) is 8. The fraction of sp³-hybridized carbons (Fsp3) is 0.722. The van der Waals surface area contributed by atoms with Crippen LogP contribution in [0.1, 0.15) is 117 Å². The van der Waals surface area contributed by atoms with E-state index in [9.17, 15) is 19.0 Å². The maximum absolute atomic E-state index is 12.5. The number of phosphoric acid groups is 1. The Morgan fingerprint density at radius 1 is 0.696 bits per heavy atom.